The number of hydrogen-bond acceptors (Lipinski definition) is 4. The minimum absolute atomic E-state index is 0.0169. The van der Waals surface area contributed by atoms with Gasteiger partial charge in [-0.2, -0.15) is 26.3 Å². The fourth-order valence-electron chi connectivity index (χ4n) is 4.03. The number of benzene rings is 2. The molecule has 1 aliphatic rings. The van der Waals surface area contributed by atoms with Crippen LogP contribution in [0.2, 0.25) is 0 Å². The average molecular weight is 537 g/mol. The van der Waals surface area contributed by atoms with E-state index in [2.05, 4.69) is 10.3 Å². The van der Waals surface area contributed by atoms with Gasteiger partial charge in [-0.05, 0) is 35.4 Å². The van der Waals surface area contributed by atoms with Crippen LogP contribution >= 0.6 is 0 Å². The van der Waals surface area contributed by atoms with Gasteiger partial charge in [0.25, 0.3) is 5.91 Å². The second-order valence-corrected chi connectivity index (χ2v) is 8.61. The van der Waals surface area contributed by atoms with E-state index in [-0.39, 0.29) is 48.7 Å². The summed E-state index contributed by atoms with van der Waals surface area (Å²) in [5.74, 6) is -1.01. The number of hydrogen-bond donors (Lipinski definition) is 1. The Morgan fingerprint density at radius 2 is 1.63 bits per heavy atom. The van der Waals surface area contributed by atoms with Crippen molar-refractivity contribution >= 4 is 11.8 Å². The van der Waals surface area contributed by atoms with Crippen molar-refractivity contribution in [2.24, 2.45) is 0 Å². The summed E-state index contributed by atoms with van der Waals surface area (Å²) >= 11 is 0. The van der Waals surface area contributed by atoms with Crippen molar-refractivity contribution < 1.29 is 40.7 Å². The highest BCUT2D eigenvalue weighted by molar-refractivity contribution is 6.03. The van der Waals surface area contributed by atoms with E-state index < -0.39 is 35.9 Å². The second kappa shape index (κ2) is 10.3. The van der Waals surface area contributed by atoms with Crippen LogP contribution in [-0.4, -0.2) is 34.8 Å². The minimum Gasteiger partial charge on any atom is -0.475 e. The number of alkyl halides is 6. The first-order valence-corrected chi connectivity index (χ1v) is 11.4. The molecule has 2 heterocycles. The number of nitrogens with one attached hydrogen (secondary N) is 1. The molecular weight excluding hydrogens is 516 g/mol. The molecule has 2 aromatic carbocycles. The van der Waals surface area contributed by atoms with E-state index in [4.69, 9.17) is 4.74 Å². The van der Waals surface area contributed by atoms with Crippen LogP contribution in [0, 0.1) is 0 Å². The number of aromatic nitrogens is 1. The summed E-state index contributed by atoms with van der Waals surface area (Å²) in [7, 11) is 0. The summed E-state index contributed by atoms with van der Waals surface area (Å²) in [4.78, 5) is 30.5. The molecule has 0 bridgehead atoms. The van der Waals surface area contributed by atoms with Gasteiger partial charge in [0.2, 0.25) is 11.8 Å². The molecule has 4 rings (SSSR count). The highest BCUT2D eigenvalue weighted by Crippen LogP contribution is 2.37. The molecule has 0 fully saturated rings. The van der Waals surface area contributed by atoms with Gasteiger partial charge in [0.1, 0.15) is 12.2 Å². The fraction of sp³-hybridized carbons (Fsp3) is 0.269. The van der Waals surface area contributed by atoms with E-state index in [1.165, 1.54) is 6.92 Å². The number of nitrogens with zero attached hydrogens (tertiary/aromatic N) is 2. The lowest BCUT2D eigenvalue weighted by atomic mass is 9.98. The quantitative estimate of drug-likeness (QED) is 0.439. The largest absolute Gasteiger partial charge is 0.475 e. The number of amides is 2. The van der Waals surface area contributed by atoms with E-state index in [9.17, 15) is 35.9 Å². The highest BCUT2D eigenvalue weighted by atomic mass is 19.4. The lowest BCUT2D eigenvalue weighted by molar-refractivity contribution is -0.143. The standard InChI is InChI=1S/C26H21F6N3O3/c1-15(36)33-13-20-12-21(17-5-3-2-4-6-17)22-23(34-20)38-8-7-35(24(22)37)14-16-9-18(25(27,28)29)11-19(10-16)26(30,31)32/h2-6,9-12H,7-8,13-14H2,1H3,(H,33,36). The normalized spacial score (nSPS) is 14.0. The van der Waals surface area contributed by atoms with Crippen LogP contribution in [0.3, 0.4) is 0 Å². The summed E-state index contributed by atoms with van der Waals surface area (Å²) in [5, 5.41) is 2.61. The van der Waals surface area contributed by atoms with Gasteiger partial charge < -0.3 is 15.0 Å². The Morgan fingerprint density at radius 1 is 1.00 bits per heavy atom. The smallest absolute Gasteiger partial charge is 0.416 e. The molecule has 0 atom stereocenters. The number of fused-ring (bicyclic) bond motifs is 1. The number of carbonyl (C=O) groups excluding carboxylic acids is 2. The van der Waals surface area contributed by atoms with E-state index >= 15 is 0 Å². The Hall–Kier alpha value is -4.09. The van der Waals surface area contributed by atoms with Crippen LogP contribution < -0.4 is 10.1 Å². The van der Waals surface area contributed by atoms with Crippen LogP contribution in [0.25, 0.3) is 11.1 Å². The first kappa shape index (κ1) is 27.0. The molecule has 0 unspecified atom stereocenters. The van der Waals surface area contributed by atoms with Crippen molar-refractivity contribution in [2.45, 2.75) is 32.4 Å². The van der Waals surface area contributed by atoms with Crippen molar-refractivity contribution in [3.63, 3.8) is 0 Å². The van der Waals surface area contributed by atoms with E-state index in [1.54, 1.807) is 36.4 Å². The summed E-state index contributed by atoms with van der Waals surface area (Å²) in [6.07, 6.45) is -10.0. The molecule has 0 radical (unpaired) electrons. The molecule has 0 saturated carbocycles. The third kappa shape index (κ3) is 6.06. The molecule has 0 aliphatic carbocycles. The average Bonchev–Trinajstić information content (AvgIpc) is 3.00. The summed E-state index contributed by atoms with van der Waals surface area (Å²) in [6, 6.07) is 11.5. The van der Waals surface area contributed by atoms with Crippen molar-refractivity contribution in [1.82, 2.24) is 15.2 Å². The van der Waals surface area contributed by atoms with Gasteiger partial charge in [0.05, 0.1) is 29.9 Å². The van der Waals surface area contributed by atoms with Crippen LogP contribution in [0.5, 0.6) is 5.88 Å². The topological polar surface area (TPSA) is 71.5 Å². The SMILES string of the molecule is CC(=O)NCc1cc(-c2ccccc2)c2c(n1)OCCN(Cc1cc(C(F)(F)F)cc(C(F)(F)F)c1)C2=O. The molecule has 3 aromatic rings. The zero-order chi connectivity index (χ0) is 27.7. The molecule has 38 heavy (non-hydrogen) atoms. The van der Waals surface area contributed by atoms with Gasteiger partial charge in [-0.1, -0.05) is 30.3 Å². The van der Waals surface area contributed by atoms with E-state index in [0.717, 1.165) is 4.90 Å². The van der Waals surface area contributed by atoms with Crippen LogP contribution in [0.1, 0.15) is 39.7 Å². The Kier molecular flexibility index (Phi) is 7.34. The van der Waals surface area contributed by atoms with Crippen molar-refractivity contribution in [3.05, 3.63) is 82.5 Å². The van der Waals surface area contributed by atoms with E-state index in [0.29, 0.717) is 29.0 Å². The highest BCUT2D eigenvalue weighted by Gasteiger charge is 2.37. The number of rotatable bonds is 5. The molecule has 0 saturated heterocycles. The predicted octanol–water partition coefficient (Wildman–Crippen LogP) is 5.46. The molecule has 6 nitrogen and oxygen atoms in total. The summed E-state index contributed by atoms with van der Waals surface area (Å²) in [5.41, 5.74) is -1.85. The van der Waals surface area contributed by atoms with Gasteiger partial charge in [-0.3, -0.25) is 9.59 Å². The molecule has 0 spiro atoms. The zero-order valence-corrected chi connectivity index (χ0v) is 19.9. The maximum Gasteiger partial charge on any atom is 0.416 e. The molecular formula is C26H21F6N3O3. The van der Waals surface area contributed by atoms with Crippen LogP contribution in [0.15, 0.2) is 54.6 Å². The van der Waals surface area contributed by atoms with E-state index in [1.807, 2.05) is 0 Å². The van der Waals surface area contributed by atoms with Gasteiger partial charge in [0, 0.05) is 19.0 Å². The lowest BCUT2D eigenvalue weighted by Crippen LogP contribution is -2.32. The molecule has 200 valence electrons. The molecule has 1 aromatic heterocycles. The lowest BCUT2D eigenvalue weighted by Gasteiger charge is -2.22. The van der Waals surface area contributed by atoms with Gasteiger partial charge in [-0.15, -0.1) is 0 Å². The summed E-state index contributed by atoms with van der Waals surface area (Å²) < 4.78 is 85.8. The predicted molar refractivity (Wildman–Crippen MR) is 124 cm³/mol. The third-order valence-electron chi connectivity index (χ3n) is 5.76. The van der Waals surface area contributed by atoms with Gasteiger partial charge in [0.15, 0.2) is 0 Å². The number of pyridine rings is 1. The Labute approximate surface area is 213 Å². The Morgan fingerprint density at radius 3 is 2.21 bits per heavy atom. The molecule has 12 heteroatoms. The van der Waals surface area contributed by atoms with Crippen molar-refractivity contribution in [2.75, 3.05) is 13.2 Å². The third-order valence-corrected chi connectivity index (χ3v) is 5.76. The number of ether oxygens (including phenoxy) is 1. The number of halogens is 6. The molecule has 1 aliphatic heterocycles. The zero-order valence-electron chi connectivity index (χ0n) is 19.9. The number of carbonyl (C=O) groups is 2. The van der Waals surface area contributed by atoms with Crippen molar-refractivity contribution in [1.29, 1.82) is 0 Å². The van der Waals surface area contributed by atoms with Crippen LogP contribution in [-0.2, 0) is 30.2 Å². The molecule has 1 N–H and O–H groups in total. The fourth-order valence-corrected chi connectivity index (χ4v) is 4.03. The maximum absolute atomic E-state index is 13.7. The van der Waals surface area contributed by atoms with Crippen LogP contribution in [0.4, 0.5) is 26.3 Å². The first-order valence-electron chi connectivity index (χ1n) is 11.4. The Bertz CT molecular complexity index is 1320. The van der Waals surface area contributed by atoms with Gasteiger partial charge >= 0.3 is 12.4 Å². The first-order chi connectivity index (χ1) is 17.8. The maximum atomic E-state index is 13.7. The Balaban J connectivity index is 1.77. The monoisotopic (exact) mass is 537 g/mol. The minimum atomic E-state index is -5.01. The van der Waals surface area contributed by atoms with Crippen molar-refractivity contribution in [3.8, 4) is 17.0 Å². The summed E-state index contributed by atoms with van der Waals surface area (Å²) in [6.45, 7) is 0.652. The second-order valence-electron chi connectivity index (χ2n) is 8.61. The molecule has 2 amide bonds. The van der Waals surface area contributed by atoms with Gasteiger partial charge in [-0.25, -0.2) is 4.98 Å².